The van der Waals surface area contributed by atoms with E-state index in [1.165, 1.54) is 6.92 Å². The first-order valence-corrected chi connectivity index (χ1v) is 6.52. The van der Waals surface area contributed by atoms with Crippen LogP contribution in [0.4, 0.5) is 0 Å². The third-order valence-corrected chi connectivity index (χ3v) is 3.26. The second-order valence-electron chi connectivity index (χ2n) is 3.77. The molecule has 15 heavy (non-hydrogen) atoms. The Balaban J connectivity index is 4.24. The van der Waals surface area contributed by atoms with Gasteiger partial charge in [-0.3, -0.25) is 13.8 Å². The maximum Gasteiger partial charge on any atom is 0.233 e. The second-order valence-corrected chi connectivity index (χ2v) is 5.52. The maximum absolute atomic E-state index is 11.4. The summed E-state index contributed by atoms with van der Waals surface area (Å²) in [6, 6.07) is -0.466. The van der Waals surface area contributed by atoms with Crippen molar-refractivity contribution >= 4 is 22.5 Å². The summed E-state index contributed by atoms with van der Waals surface area (Å²) in [6.07, 6.45) is 0. The maximum atomic E-state index is 11.4. The van der Waals surface area contributed by atoms with Gasteiger partial charge in [0, 0.05) is 16.6 Å². The minimum atomic E-state index is -1.12. The zero-order valence-corrected chi connectivity index (χ0v) is 10.5. The van der Waals surface area contributed by atoms with Crippen molar-refractivity contribution in [2.45, 2.75) is 33.7 Å². The van der Waals surface area contributed by atoms with Crippen molar-refractivity contribution in [3.8, 4) is 0 Å². The highest BCUT2D eigenvalue weighted by atomic mass is 32.2. The SMILES string of the molecule is CCS(=O)CC(=O)NC(C(C)=O)C(C)C. The standard InChI is InChI=1S/C10H19NO3S/c1-5-15(14)6-9(13)11-10(7(2)3)8(4)12/h7,10H,5-6H2,1-4H3,(H,11,13). The van der Waals surface area contributed by atoms with Gasteiger partial charge in [-0.25, -0.2) is 0 Å². The van der Waals surface area contributed by atoms with E-state index >= 15 is 0 Å². The van der Waals surface area contributed by atoms with Crippen molar-refractivity contribution in [1.82, 2.24) is 5.32 Å². The van der Waals surface area contributed by atoms with E-state index in [0.717, 1.165) is 0 Å². The molecule has 88 valence electrons. The van der Waals surface area contributed by atoms with Gasteiger partial charge in [-0.15, -0.1) is 0 Å². The van der Waals surface area contributed by atoms with E-state index in [4.69, 9.17) is 0 Å². The van der Waals surface area contributed by atoms with Crippen LogP contribution in [0, 0.1) is 5.92 Å². The smallest absolute Gasteiger partial charge is 0.233 e. The van der Waals surface area contributed by atoms with Gasteiger partial charge < -0.3 is 5.32 Å². The first-order chi connectivity index (χ1) is 6.88. The van der Waals surface area contributed by atoms with Crippen LogP contribution in [0.15, 0.2) is 0 Å². The van der Waals surface area contributed by atoms with Crippen molar-refractivity contribution in [3.63, 3.8) is 0 Å². The molecule has 0 aromatic rings. The van der Waals surface area contributed by atoms with Crippen molar-refractivity contribution in [2.24, 2.45) is 5.92 Å². The largest absolute Gasteiger partial charge is 0.345 e. The Labute approximate surface area is 93.3 Å². The molecule has 5 heteroatoms. The molecule has 4 nitrogen and oxygen atoms in total. The molecule has 2 atom stereocenters. The molecule has 2 unspecified atom stereocenters. The van der Waals surface area contributed by atoms with Crippen LogP contribution in [-0.4, -0.2) is 33.4 Å². The molecule has 0 aliphatic rings. The second kappa shape index (κ2) is 6.71. The lowest BCUT2D eigenvalue weighted by atomic mass is 10.0. The van der Waals surface area contributed by atoms with Crippen LogP contribution < -0.4 is 5.32 Å². The van der Waals surface area contributed by atoms with Crippen LogP contribution in [0.25, 0.3) is 0 Å². The summed E-state index contributed by atoms with van der Waals surface area (Å²) < 4.78 is 11.1. The number of carbonyl (C=O) groups excluding carboxylic acids is 2. The highest BCUT2D eigenvalue weighted by Crippen LogP contribution is 2.02. The fraction of sp³-hybridized carbons (Fsp3) is 0.800. The summed E-state index contributed by atoms with van der Waals surface area (Å²) >= 11 is 0. The summed E-state index contributed by atoms with van der Waals surface area (Å²) in [7, 11) is -1.12. The fourth-order valence-electron chi connectivity index (χ4n) is 1.20. The lowest BCUT2D eigenvalue weighted by Crippen LogP contribution is -2.45. The van der Waals surface area contributed by atoms with Crippen molar-refractivity contribution in [2.75, 3.05) is 11.5 Å². The summed E-state index contributed by atoms with van der Waals surface area (Å²) in [5.74, 6) is 0.110. The van der Waals surface area contributed by atoms with Crippen molar-refractivity contribution in [1.29, 1.82) is 0 Å². The highest BCUT2D eigenvalue weighted by Gasteiger charge is 2.20. The first-order valence-electron chi connectivity index (χ1n) is 5.03. The van der Waals surface area contributed by atoms with Crippen LogP contribution in [0.2, 0.25) is 0 Å². The number of amides is 1. The Bertz CT molecular complexity index is 263. The number of Topliss-reactive ketones (excluding diaryl/α,β-unsaturated/α-hetero) is 1. The lowest BCUT2D eigenvalue weighted by Gasteiger charge is -2.19. The molecule has 0 aliphatic heterocycles. The van der Waals surface area contributed by atoms with Crippen LogP contribution in [0.3, 0.4) is 0 Å². The van der Waals surface area contributed by atoms with E-state index in [9.17, 15) is 13.8 Å². The average Bonchev–Trinajstić information content (AvgIpc) is 2.12. The van der Waals surface area contributed by atoms with Crippen molar-refractivity contribution < 1.29 is 13.8 Å². The number of ketones is 1. The van der Waals surface area contributed by atoms with Gasteiger partial charge >= 0.3 is 0 Å². The van der Waals surface area contributed by atoms with Crippen LogP contribution in [0.1, 0.15) is 27.7 Å². The molecule has 0 saturated heterocycles. The number of hydrogen-bond acceptors (Lipinski definition) is 3. The molecule has 1 amide bonds. The molecular weight excluding hydrogens is 214 g/mol. The summed E-state index contributed by atoms with van der Waals surface area (Å²) in [4.78, 5) is 22.6. The van der Waals surface area contributed by atoms with E-state index in [1.807, 2.05) is 13.8 Å². The summed E-state index contributed by atoms with van der Waals surface area (Å²) in [5.41, 5.74) is 0. The minimum Gasteiger partial charge on any atom is -0.345 e. The molecule has 0 saturated carbocycles. The summed E-state index contributed by atoms with van der Waals surface area (Å²) in [6.45, 7) is 6.93. The number of rotatable bonds is 6. The lowest BCUT2D eigenvalue weighted by molar-refractivity contribution is -0.126. The van der Waals surface area contributed by atoms with Gasteiger partial charge in [-0.2, -0.15) is 0 Å². The Morgan fingerprint density at radius 3 is 2.20 bits per heavy atom. The Morgan fingerprint density at radius 2 is 1.87 bits per heavy atom. The normalized spacial score (nSPS) is 14.7. The highest BCUT2D eigenvalue weighted by molar-refractivity contribution is 7.85. The van der Waals surface area contributed by atoms with Gasteiger partial charge in [-0.05, 0) is 12.8 Å². The molecule has 0 aliphatic carbocycles. The first kappa shape index (κ1) is 14.3. The van der Waals surface area contributed by atoms with E-state index in [-0.39, 0.29) is 23.4 Å². The van der Waals surface area contributed by atoms with E-state index in [0.29, 0.717) is 5.75 Å². The third kappa shape index (κ3) is 5.67. The van der Waals surface area contributed by atoms with Crippen LogP contribution >= 0.6 is 0 Å². The number of hydrogen-bond donors (Lipinski definition) is 1. The van der Waals surface area contributed by atoms with E-state index < -0.39 is 16.8 Å². The predicted molar refractivity (Wildman–Crippen MR) is 61.0 cm³/mol. The Hall–Kier alpha value is -0.710. The Kier molecular flexibility index (Phi) is 6.40. The van der Waals surface area contributed by atoms with E-state index in [2.05, 4.69) is 5.32 Å². The van der Waals surface area contributed by atoms with Gasteiger partial charge in [0.05, 0.1) is 6.04 Å². The topological polar surface area (TPSA) is 63.2 Å². The minimum absolute atomic E-state index is 0.0208. The molecule has 1 N–H and O–H groups in total. The van der Waals surface area contributed by atoms with Crippen LogP contribution in [-0.2, 0) is 20.4 Å². The monoisotopic (exact) mass is 233 g/mol. The fourth-order valence-corrected chi connectivity index (χ4v) is 1.78. The molecule has 0 aromatic heterocycles. The zero-order chi connectivity index (χ0) is 12.0. The Morgan fingerprint density at radius 1 is 1.33 bits per heavy atom. The van der Waals surface area contributed by atoms with Gasteiger partial charge in [-0.1, -0.05) is 20.8 Å². The van der Waals surface area contributed by atoms with E-state index in [1.54, 1.807) is 6.92 Å². The third-order valence-electron chi connectivity index (χ3n) is 2.04. The van der Waals surface area contributed by atoms with Gasteiger partial charge in [0.2, 0.25) is 5.91 Å². The van der Waals surface area contributed by atoms with Gasteiger partial charge in [0.15, 0.2) is 5.78 Å². The van der Waals surface area contributed by atoms with Gasteiger partial charge in [0.25, 0.3) is 0 Å². The molecule has 0 heterocycles. The molecular formula is C10H19NO3S. The molecule has 0 bridgehead atoms. The average molecular weight is 233 g/mol. The van der Waals surface area contributed by atoms with Crippen molar-refractivity contribution in [3.05, 3.63) is 0 Å². The quantitative estimate of drug-likeness (QED) is 0.726. The van der Waals surface area contributed by atoms with Crippen LogP contribution in [0.5, 0.6) is 0 Å². The number of carbonyl (C=O) groups is 2. The summed E-state index contributed by atoms with van der Waals surface area (Å²) in [5, 5.41) is 2.60. The molecule has 0 rings (SSSR count). The molecule has 0 radical (unpaired) electrons. The molecule has 0 spiro atoms. The predicted octanol–water partition coefficient (Wildman–Crippen LogP) is 0.485. The molecule has 0 fully saturated rings. The zero-order valence-electron chi connectivity index (χ0n) is 9.70. The molecule has 0 aromatic carbocycles. The number of nitrogens with one attached hydrogen (secondary N) is 1. The van der Waals surface area contributed by atoms with Gasteiger partial charge in [0.1, 0.15) is 5.75 Å².